The molecule has 0 aliphatic carbocycles. The summed E-state index contributed by atoms with van der Waals surface area (Å²) in [5, 5.41) is 14.8. The van der Waals surface area contributed by atoms with Crippen molar-refractivity contribution in [1.29, 1.82) is 0 Å². The maximum Gasteiger partial charge on any atom is 0.177 e. The highest BCUT2D eigenvalue weighted by molar-refractivity contribution is 4.75. The molecule has 0 radical (unpaired) electrons. The third-order valence-corrected chi connectivity index (χ3v) is 3.78. The fraction of sp³-hybridized carbons (Fsp3) is 1.00. The first-order valence-electron chi connectivity index (χ1n) is 8.48. The molecule has 0 saturated carbocycles. The first kappa shape index (κ1) is 18.4. The van der Waals surface area contributed by atoms with Crippen LogP contribution in [0.4, 0.5) is 0 Å². The molecule has 0 aromatic rings. The van der Waals surface area contributed by atoms with Crippen LogP contribution in [0.25, 0.3) is 0 Å². The Labute approximate surface area is 129 Å². The fourth-order valence-corrected chi connectivity index (χ4v) is 2.80. The largest absolute Gasteiger partial charge is 0.600 e. The molecule has 1 aliphatic heterocycles. The van der Waals surface area contributed by atoms with Crippen LogP contribution in [0.15, 0.2) is 5.11 Å². The Morgan fingerprint density at radius 1 is 1.10 bits per heavy atom. The van der Waals surface area contributed by atoms with Gasteiger partial charge < -0.3 is 14.7 Å². The molecule has 0 N–H and O–H groups in total. The van der Waals surface area contributed by atoms with Crippen molar-refractivity contribution in [3.8, 4) is 0 Å². The molecule has 1 aliphatic rings. The van der Waals surface area contributed by atoms with E-state index >= 15 is 0 Å². The Morgan fingerprint density at radius 2 is 1.71 bits per heavy atom. The number of nitrogens with zero attached hydrogens (tertiary/aromatic N) is 2. The van der Waals surface area contributed by atoms with Crippen molar-refractivity contribution < 1.29 is 14.3 Å². The van der Waals surface area contributed by atoms with E-state index in [1.165, 1.54) is 12.8 Å². The lowest BCUT2D eigenvalue weighted by atomic mass is 9.97. The molecule has 1 fully saturated rings. The second-order valence-corrected chi connectivity index (χ2v) is 6.26. The van der Waals surface area contributed by atoms with Gasteiger partial charge in [-0.2, -0.15) is 0 Å². The van der Waals surface area contributed by atoms with Gasteiger partial charge in [0.25, 0.3) is 0 Å². The lowest BCUT2D eigenvalue weighted by Gasteiger charge is -2.29. The molecular weight excluding hydrogens is 268 g/mol. The molecule has 1 rings (SSSR count). The SMILES string of the molecule is CC[N+]([O-])=NCCCCCCCC1(CC(C)C)OCCO1. The Hall–Kier alpha value is -0.680. The summed E-state index contributed by atoms with van der Waals surface area (Å²) in [7, 11) is 0. The van der Waals surface area contributed by atoms with Gasteiger partial charge in [-0.1, -0.05) is 38.0 Å². The zero-order valence-corrected chi connectivity index (χ0v) is 14.0. The number of azo groups is 1. The summed E-state index contributed by atoms with van der Waals surface area (Å²) >= 11 is 0. The molecule has 5 heteroatoms. The summed E-state index contributed by atoms with van der Waals surface area (Å²) in [6, 6.07) is 0. The van der Waals surface area contributed by atoms with Crippen LogP contribution < -0.4 is 0 Å². The summed E-state index contributed by atoms with van der Waals surface area (Å²) in [6.45, 7) is 8.81. The minimum Gasteiger partial charge on any atom is -0.600 e. The van der Waals surface area contributed by atoms with Crippen molar-refractivity contribution in [3.05, 3.63) is 5.21 Å². The second-order valence-electron chi connectivity index (χ2n) is 6.26. The average molecular weight is 300 g/mol. The molecule has 0 atom stereocenters. The lowest BCUT2D eigenvalue weighted by molar-refractivity contribution is -0.526. The van der Waals surface area contributed by atoms with Crippen LogP contribution in [0, 0.1) is 11.1 Å². The molecule has 0 spiro atoms. The minimum atomic E-state index is -0.312. The Balaban J connectivity index is 2.07. The number of rotatable bonds is 11. The first-order valence-corrected chi connectivity index (χ1v) is 8.48. The standard InChI is InChI=1S/C16H32N2O3/c1-4-18(19)17-11-9-7-5-6-8-10-16(14-15(2)3)20-12-13-21-16/h15H,4-14H2,1-3H3. The first-order chi connectivity index (χ1) is 10.1. The predicted molar refractivity (Wildman–Crippen MR) is 83.3 cm³/mol. The van der Waals surface area contributed by atoms with E-state index in [1.807, 2.05) is 6.92 Å². The highest BCUT2D eigenvalue weighted by atomic mass is 16.7. The summed E-state index contributed by atoms with van der Waals surface area (Å²) in [5.74, 6) is 0.284. The molecular formula is C16H32N2O3. The zero-order chi connectivity index (χ0) is 15.6. The minimum absolute atomic E-state index is 0.312. The smallest absolute Gasteiger partial charge is 0.177 e. The van der Waals surface area contributed by atoms with E-state index in [0.29, 0.717) is 19.0 Å². The Morgan fingerprint density at radius 3 is 2.33 bits per heavy atom. The van der Waals surface area contributed by atoms with Gasteiger partial charge in [-0.05, 0) is 30.8 Å². The highest BCUT2D eigenvalue weighted by Crippen LogP contribution is 2.32. The van der Waals surface area contributed by atoms with Crippen LogP contribution in [0.3, 0.4) is 0 Å². The zero-order valence-electron chi connectivity index (χ0n) is 14.0. The van der Waals surface area contributed by atoms with Crippen molar-refractivity contribution >= 4 is 0 Å². The van der Waals surface area contributed by atoms with Gasteiger partial charge in [-0.25, -0.2) is 0 Å². The third-order valence-electron chi connectivity index (χ3n) is 3.78. The quantitative estimate of drug-likeness (QED) is 0.250. The van der Waals surface area contributed by atoms with E-state index in [0.717, 1.165) is 50.2 Å². The van der Waals surface area contributed by atoms with E-state index in [1.54, 1.807) is 0 Å². The third kappa shape index (κ3) is 7.77. The van der Waals surface area contributed by atoms with E-state index in [9.17, 15) is 5.21 Å². The fourth-order valence-electron chi connectivity index (χ4n) is 2.80. The van der Waals surface area contributed by atoms with Crippen LogP contribution >= 0.6 is 0 Å². The van der Waals surface area contributed by atoms with E-state index in [4.69, 9.17) is 9.47 Å². The molecule has 0 amide bonds. The van der Waals surface area contributed by atoms with E-state index in [-0.39, 0.29) is 5.79 Å². The van der Waals surface area contributed by atoms with Crippen LogP contribution in [0.2, 0.25) is 0 Å². The molecule has 1 saturated heterocycles. The van der Waals surface area contributed by atoms with Gasteiger partial charge in [0.2, 0.25) is 0 Å². The molecule has 1 heterocycles. The van der Waals surface area contributed by atoms with Gasteiger partial charge in [0, 0.05) is 12.8 Å². The van der Waals surface area contributed by atoms with Crippen molar-refractivity contribution in [3.63, 3.8) is 0 Å². The maximum absolute atomic E-state index is 10.9. The van der Waals surface area contributed by atoms with E-state index in [2.05, 4.69) is 19.0 Å². The van der Waals surface area contributed by atoms with Gasteiger partial charge >= 0.3 is 0 Å². The molecule has 21 heavy (non-hydrogen) atoms. The Kier molecular flexibility index (Phi) is 8.85. The summed E-state index contributed by atoms with van der Waals surface area (Å²) in [6.07, 6.45) is 7.66. The number of unbranched alkanes of at least 4 members (excludes halogenated alkanes) is 4. The monoisotopic (exact) mass is 300 g/mol. The summed E-state index contributed by atoms with van der Waals surface area (Å²) in [4.78, 5) is 0.768. The number of hydrogen-bond donors (Lipinski definition) is 0. The summed E-state index contributed by atoms with van der Waals surface area (Å²) in [5.41, 5.74) is 0. The molecule has 0 aromatic heterocycles. The van der Waals surface area contributed by atoms with Gasteiger partial charge in [-0.15, -0.1) is 0 Å². The maximum atomic E-state index is 10.9. The number of ether oxygens (including phenoxy) is 2. The van der Waals surface area contributed by atoms with Crippen LogP contribution in [0.1, 0.15) is 65.7 Å². The van der Waals surface area contributed by atoms with Gasteiger partial charge in [0.15, 0.2) is 12.3 Å². The van der Waals surface area contributed by atoms with Crippen LogP contribution in [0.5, 0.6) is 0 Å². The van der Waals surface area contributed by atoms with Gasteiger partial charge in [0.1, 0.15) is 6.54 Å². The molecule has 5 nitrogen and oxygen atoms in total. The predicted octanol–water partition coefficient (Wildman–Crippen LogP) is 4.10. The van der Waals surface area contributed by atoms with Crippen molar-refractivity contribution in [1.82, 2.24) is 0 Å². The molecule has 0 aromatic carbocycles. The summed E-state index contributed by atoms with van der Waals surface area (Å²) < 4.78 is 11.7. The average Bonchev–Trinajstić information content (AvgIpc) is 2.89. The lowest BCUT2D eigenvalue weighted by Crippen LogP contribution is -2.31. The topological polar surface area (TPSA) is 56.9 Å². The van der Waals surface area contributed by atoms with Crippen molar-refractivity contribution in [2.24, 2.45) is 11.0 Å². The van der Waals surface area contributed by atoms with E-state index < -0.39 is 0 Å². The van der Waals surface area contributed by atoms with Gasteiger partial charge in [0.05, 0.1) is 13.2 Å². The van der Waals surface area contributed by atoms with Gasteiger partial charge in [-0.3, -0.25) is 0 Å². The Bertz CT molecular complexity index is 300. The molecule has 0 bridgehead atoms. The van der Waals surface area contributed by atoms with Crippen LogP contribution in [-0.2, 0) is 9.47 Å². The molecule has 124 valence electrons. The van der Waals surface area contributed by atoms with Crippen LogP contribution in [-0.4, -0.2) is 37.0 Å². The normalized spacial score (nSPS) is 18.6. The van der Waals surface area contributed by atoms with Crippen molar-refractivity contribution in [2.45, 2.75) is 71.5 Å². The number of hydroxylamine groups is 1. The van der Waals surface area contributed by atoms with Crippen molar-refractivity contribution in [2.75, 3.05) is 26.3 Å². The second kappa shape index (κ2) is 10.1. The highest BCUT2D eigenvalue weighted by Gasteiger charge is 2.36. The molecule has 0 unspecified atom stereocenters. The number of hydrogen-bond acceptors (Lipinski definition) is 4.